The molecule has 0 rings (SSSR count). The quantitative estimate of drug-likeness (QED) is 0.371. The van der Waals surface area contributed by atoms with E-state index in [-0.39, 0.29) is 12.6 Å². The Hall–Kier alpha value is -1.51. The molecule has 0 atom stereocenters. The Labute approximate surface area is 84.7 Å². The van der Waals surface area contributed by atoms with Crippen LogP contribution in [-0.2, 0) is 14.3 Å². The molecule has 0 amide bonds. The van der Waals surface area contributed by atoms with Gasteiger partial charge in [0.1, 0.15) is 5.76 Å². The lowest BCUT2D eigenvalue weighted by Gasteiger charge is -2.08. The molecule has 0 aromatic rings. The molecule has 0 aliphatic rings. The fourth-order valence-corrected chi connectivity index (χ4v) is 0.760. The van der Waals surface area contributed by atoms with Crippen molar-refractivity contribution in [2.45, 2.75) is 13.8 Å². The third-order valence-electron chi connectivity index (χ3n) is 1.34. The van der Waals surface area contributed by atoms with Gasteiger partial charge in [-0.15, -0.1) is 0 Å². The highest BCUT2D eigenvalue weighted by Crippen LogP contribution is 2.08. The van der Waals surface area contributed by atoms with Crippen LogP contribution in [0.15, 0.2) is 36.6 Å². The number of carbonyl (C=O) groups is 1. The van der Waals surface area contributed by atoms with Crippen molar-refractivity contribution in [2.75, 3.05) is 13.2 Å². The molecular formula is C11H16O3. The van der Waals surface area contributed by atoms with Crippen molar-refractivity contribution in [2.24, 2.45) is 0 Å². The molecule has 0 heterocycles. The first kappa shape index (κ1) is 12.5. The maximum atomic E-state index is 10.9. The zero-order valence-corrected chi connectivity index (χ0v) is 8.71. The summed E-state index contributed by atoms with van der Waals surface area (Å²) in [5.41, 5.74) is 0.745. The normalized spacial score (nSPS) is 10.6. The summed E-state index contributed by atoms with van der Waals surface area (Å²) < 4.78 is 9.88. The molecule has 14 heavy (non-hydrogen) atoms. The predicted molar refractivity (Wildman–Crippen MR) is 55.7 cm³/mol. The van der Waals surface area contributed by atoms with Gasteiger partial charge in [-0.05, 0) is 25.5 Å². The van der Waals surface area contributed by atoms with Crippen molar-refractivity contribution in [1.29, 1.82) is 0 Å². The third-order valence-corrected chi connectivity index (χ3v) is 1.34. The van der Waals surface area contributed by atoms with Gasteiger partial charge in [-0.1, -0.05) is 19.2 Å². The molecule has 0 aromatic carbocycles. The van der Waals surface area contributed by atoms with Crippen molar-refractivity contribution < 1.29 is 14.3 Å². The maximum Gasteiger partial charge on any atom is 0.344 e. The van der Waals surface area contributed by atoms with Crippen LogP contribution in [0.1, 0.15) is 13.8 Å². The first-order chi connectivity index (χ1) is 6.61. The Morgan fingerprint density at radius 1 is 1.43 bits per heavy atom. The van der Waals surface area contributed by atoms with Gasteiger partial charge in [0, 0.05) is 0 Å². The third kappa shape index (κ3) is 5.19. The number of ether oxygens (including phenoxy) is 2. The molecule has 0 aromatic heterocycles. The average molecular weight is 196 g/mol. The Morgan fingerprint density at radius 2 is 2.07 bits per heavy atom. The zero-order valence-electron chi connectivity index (χ0n) is 8.71. The number of carbonyl (C=O) groups excluding carboxylic acids is 1. The average Bonchev–Trinajstić information content (AvgIpc) is 2.12. The zero-order chi connectivity index (χ0) is 11.0. The second-order valence-corrected chi connectivity index (χ2v) is 2.64. The van der Waals surface area contributed by atoms with Gasteiger partial charge in [-0.3, -0.25) is 0 Å². The number of hydrogen-bond donors (Lipinski definition) is 0. The first-order valence-electron chi connectivity index (χ1n) is 4.38. The van der Waals surface area contributed by atoms with E-state index in [1.54, 1.807) is 26.0 Å². The van der Waals surface area contributed by atoms with Crippen molar-refractivity contribution in [3.8, 4) is 0 Å². The topological polar surface area (TPSA) is 35.5 Å². The van der Waals surface area contributed by atoms with E-state index in [0.717, 1.165) is 5.57 Å². The Kier molecular flexibility index (Phi) is 6.20. The molecule has 0 saturated heterocycles. The molecule has 0 saturated carbocycles. The summed E-state index contributed by atoms with van der Waals surface area (Å²) in [6.45, 7) is 11.0. The summed E-state index contributed by atoms with van der Waals surface area (Å²) >= 11 is 0. The van der Waals surface area contributed by atoms with E-state index in [9.17, 15) is 4.79 Å². The first-order valence-corrected chi connectivity index (χ1v) is 4.38. The van der Waals surface area contributed by atoms with Crippen LogP contribution in [0.5, 0.6) is 0 Å². The molecule has 0 aliphatic carbocycles. The molecule has 0 bridgehead atoms. The van der Waals surface area contributed by atoms with Crippen molar-refractivity contribution in [3.05, 3.63) is 36.6 Å². The van der Waals surface area contributed by atoms with E-state index >= 15 is 0 Å². The minimum atomic E-state index is -0.385. The summed E-state index contributed by atoms with van der Waals surface area (Å²) in [6.07, 6.45) is 3.23. The molecular weight excluding hydrogens is 180 g/mol. The van der Waals surface area contributed by atoms with Crippen LogP contribution in [0.25, 0.3) is 0 Å². The van der Waals surface area contributed by atoms with Gasteiger partial charge in [-0.2, -0.15) is 0 Å². The Balaban J connectivity index is 4.07. The van der Waals surface area contributed by atoms with E-state index in [1.165, 1.54) is 0 Å². The van der Waals surface area contributed by atoms with Crippen LogP contribution in [0.4, 0.5) is 0 Å². The van der Waals surface area contributed by atoms with Crippen LogP contribution >= 0.6 is 0 Å². The lowest BCUT2D eigenvalue weighted by Crippen LogP contribution is -2.12. The number of hydrogen-bond acceptors (Lipinski definition) is 3. The summed E-state index contributed by atoms with van der Waals surface area (Å²) in [4.78, 5) is 10.9. The highest BCUT2D eigenvalue weighted by Gasteiger charge is 2.04. The number of allylic oxidation sites excluding steroid dienone is 3. The molecule has 0 N–H and O–H groups in total. The fraction of sp³-hybridized carbons (Fsp3) is 0.364. The van der Waals surface area contributed by atoms with Gasteiger partial charge in [0.05, 0.1) is 6.61 Å². The molecule has 0 radical (unpaired) electrons. The fourth-order valence-electron chi connectivity index (χ4n) is 0.760. The summed E-state index contributed by atoms with van der Waals surface area (Å²) in [5.74, 6) is 0.164. The molecule has 3 heteroatoms. The van der Waals surface area contributed by atoms with E-state index in [0.29, 0.717) is 12.4 Å². The van der Waals surface area contributed by atoms with E-state index in [1.807, 2.05) is 0 Å². The van der Waals surface area contributed by atoms with Crippen LogP contribution < -0.4 is 0 Å². The van der Waals surface area contributed by atoms with Gasteiger partial charge in [0.2, 0.25) is 0 Å². The molecule has 0 fully saturated rings. The van der Waals surface area contributed by atoms with Crippen molar-refractivity contribution in [3.63, 3.8) is 0 Å². The smallest absolute Gasteiger partial charge is 0.344 e. The highest BCUT2D eigenvalue weighted by atomic mass is 16.6. The van der Waals surface area contributed by atoms with Crippen LogP contribution in [-0.4, -0.2) is 19.2 Å². The monoisotopic (exact) mass is 196 g/mol. The molecule has 3 nitrogen and oxygen atoms in total. The minimum Gasteiger partial charge on any atom is -0.482 e. The van der Waals surface area contributed by atoms with Crippen LogP contribution in [0.2, 0.25) is 0 Å². The van der Waals surface area contributed by atoms with E-state index < -0.39 is 0 Å². The maximum absolute atomic E-state index is 10.9. The predicted octanol–water partition coefficient (Wildman–Crippen LogP) is 2.21. The van der Waals surface area contributed by atoms with Gasteiger partial charge in [0.25, 0.3) is 0 Å². The van der Waals surface area contributed by atoms with Gasteiger partial charge >= 0.3 is 5.97 Å². The second kappa shape index (κ2) is 6.95. The summed E-state index contributed by atoms with van der Waals surface area (Å²) in [7, 11) is 0. The lowest BCUT2D eigenvalue weighted by atomic mass is 10.2. The SMILES string of the molecule is C=C/C=C(/OCC(=O)OCC)C(=C)C. The molecule has 0 unspecified atom stereocenters. The van der Waals surface area contributed by atoms with Crippen LogP contribution in [0.3, 0.4) is 0 Å². The molecule has 78 valence electrons. The van der Waals surface area contributed by atoms with Crippen LogP contribution in [0, 0.1) is 0 Å². The van der Waals surface area contributed by atoms with Gasteiger partial charge in [-0.25, -0.2) is 4.79 Å². The second-order valence-electron chi connectivity index (χ2n) is 2.64. The van der Waals surface area contributed by atoms with Crippen molar-refractivity contribution in [1.82, 2.24) is 0 Å². The highest BCUT2D eigenvalue weighted by molar-refractivity contribution is 5.70. The minimum absolute atomic E-state index is 0.0969. The van der Waals surface area contributed by atoms with Gasteiger partial charge in [0.15, 0.2) is 6.61 Å². The summed E-state index contributed by atoms with van der Waals surface area (Å²) in [6, 6.07) is 0. The van der Waals surface area contributed by atoms with Gasteiger partial charge < -0.3 is 9.47 Å². The Bertz CT molecular complexity index is 251. The Morgan fingerprint density at radius 3 is 2.50 bits per heavy atom. The van der Waals surface area contributed by atoms with E-state index in [2.05, 4.69) is 13.2 Å². The number of rotatable bonds is 6. The standard InChI is InChI=1S/C11H16O3/c1-5-7-10(9(3)4)14-8-11(12)13-6-2/h5,7H,1,3,6,8H2,2,4H3/b10-7+. The number of esters is 1. The lowest BCUT2D eigenvalue weighted by molar-refractivity contribution is -0.146. The largest absolute Gasteiger partial charge is 0.482 e. The van der Waals surface area contributed by atoms with E-state index in [4.69, 9.17) is 9.47 Å². The van der Waals surface area contributed by atoms with Crippen molar-refractivity contribution >= 4 is 5.97 Å². The molecule has 0 spiro atoms. The molecule has 0 aliphatic heterocycles. The summed E-state index contributed by atoms with van der Waals surface area (Å²) in [5, 5.41) is 0.